The van der Waals surface area contributed by atoms with Crippen molar-refractivity contribution < 1.29 is 14.6 Å². The Balaban J connectivity index is 2.51. The van der Waals surface area contributed by atoms with Gasteiger partial charge in [0.1, 0.15) is 11.8 Å². The number of unbranched alkanes of at least 4 members (excludes halogenated alkanes) is 1. The molecular formula is C13H16N2O3. The van der Waals surface area contributed by atoms with E-state index in [1.54, 1.807) is 31.2 Å². The van der Waals surface area contributed by atoms with E-state index >= 15 is 0 Å². The Hall–Kier alpha value is -2.22. The fourth-order valence-electron chi connectivity index (χ4n) is 1.33. The number of ether oxygens (including phenoxy) is 1. The van der Waals surface area contributed by atoms with E-state index in [4.69, 9.17) is 15.1 Å². The third-order valence-corrected chi connectivity index (χ3v) is 2.29. The van der Waals surface area contributed by atoms with Crippen LogP contribution in [0.15, 0.2) is 24.3 Å². The van der Waals surface area contributed by atoms with Crippen molar-refractivity contribution in [2.24, 2.45) is 0 Å². The highest BCUT2D eigenvalue weighted by Crippen LogP contribution is 2.18. The van der Waals surface area contributed by atoms with Gasteiger partial charge in [-0.25, -0.2) is 0 Å². The zero-order valence-corrected chi connectivity index (χ0v) is 10.2. The maximum absolute atomic E-state index is 10.7. The molecule has 0 bridgehead atoms. The van der Waals surface area contributed by atoms with Crippen LogP contribution in [-0.4, -0.2) is 23.7 Å². The standard InChI is InChI=1S/C13H16N2O3/c1-10(13(16)17)15-11-5-4-6-12(9-11)18-8-3-2-7-14/h4-6,9-10,15H,2-3,8H2,1H3,(H,16,17). The quantitative estimate of drug-likeness (QED) is 0.723. The van der Waals surface area contributed by atoms with Crippen molar-refractivity contribution in [1.82, 2.24) is 0 Å². The third kappa shape index (κ3) is 4.74. The zero-order valence-electron chi connectivity index (χ0n) is 10.2. The maximum atomic E-state index is 10.7. The SMILES string of the molecule is CC(Nc1cccc(OCCCC#N)c1)C(=O)O. The van der Waals surface area contributed by atoms with Crippen LogP contribution in [0.2, 0.25) is 0 Å². The second-order valence-corrected chi connectivity index (χ2v) is 3.84. The average molecular weight is 248 g/mol. The van der Waals surface area contributed by atoms with Gasteiger partial charge in [0, 0.05) is 18.2 Å². The van der Waals surface area contributed by atoms with E-state index in [2.05, 4.69) is 5.32 Å². The van der Waals surface area contributed by atoms with Gasteiger partial charge in [-0.05, 0) is 25.5 Å². The molecule has 1 rings (SSSR count). The molecule has 0 amide bonds. The molecule has 5 heteroatoms. The number of hydrogen-bond donors (Lipinski definition) is 2. The average Bonchev–Trinajstić information content (AvgIpc) is 2.35. The van der Waals surface area contributed by atoms with Crippen molar-refractivity contribution in [3.63, 3.8) is 0 Å². The Kier molecular flexibility index (Phi) is 5.52. The highest BCUT2D eigenvalue weighted by atomic mass is 16.5. The summed E-state index contributed by atoms with van der Waals surface area (Å²) in [5.74, 6) is -0.245. The van der Waals surface area contributed by atoms with Gasteiger partial charge in [0.25, 0.3) is 0 Å². The van der Waals surface area contributed by atoms with Gasteiger partial charge in [0.2, 0.25) is 0 Å². The molecule has 0 spiro atoms. The van der Waals surface area contributed by atoms with Gasteiger partial charge in [0.15, 0.2) is 0 Å². The number of rotatable bonds is 7. The first-order valence-corrected chi connectivity index (χ1v) is 5.72. The largest absolute Gasteiger partial charge is 0.493 e. The van der Waals surface area contributed by atoms with Crippen molar-refractivity contribution in [2.75, 3.05) is 11.9 Å². The first-order valence-electron chi connectivity index (χ1n) is 5.72. The minimum atomic E-state index is -0.907. The van der Waals surface area contributed by atoms with Gasteiger partial charge in [-0.15, -0.1) is 0 Å². The molecule has 0 aliphatic rings. The fourth-order valence-corrected chi connectivity index (χ4v) is 1.33. The highest BCUT2D eigenvalue weighted by Gasteiger charge is 2.10. The van der Waals surface area contributed by atoms with Gasteiger partial charge in [-0.1, -0.05) is 6.07 Å². The summed E-state index contributed by atoms with van der Waals surface area (Å²) in [4.78, 5) is 10.7. The van der Waals surface area contributed by atoms with E-state index in [9.17, 15) is 4.79 Å². The molecule has 1 aromatic carbocycles. The number of aliphatic carboxylic acids is 1. The molecule has 0 radical (unpaired) electrons. The van der Waals surface area contributed by atoms with Crippen LogP contribution in [-0.2, 0) is 4.79 Å². The first kappa shape index (κ1) is 13.8. The molecule has 18 heavy (non-hydrogen) atoms. The first-order chi connectivity index (χ1) is 8.63. The molecular weight excluding hydrogens is 232 g/mol. The molecule has 0 saturated carbocycles. The number of nitrogens with zero attached hydrogens (tertiary/aromatic N) is 1. The number of nitrogens with one attached hydrogen (secondary N) is 1. The van der Waals surface area contributed by atoms with Gasteiger partial charge in [-0.3, -0.25) is 4.79 Å². The molecule has 0 aliphatic carbocycles. The molecule has 1 atom stereocenters. The second kappa shape index (κ2) is 7.17. The molecule has 96 valence electrons. The van der Waals surface area contributed by atoms with Gasteiger partial charge < -0.3 is 15.2 Å². The van der Waals surface area contributed by atoms with Crippen molar-refractivity contribution in [1.29, 1.82) is 5.26 Å². The zero-order chi connectivity index (χ0) is 13.4. The van der Waals surface area contributed by atoms with E-state index in [0.717, 1.165) is 0 Å². The summed E-state index contributed by atoms with van der Waals surface area (Å²) < 4.78 is 5.45. The molecule has 1 aromatic rings. The number of carboxylic acid groups (broad SMARTS) is 1. The van der Waals surface area contributed by atoms with Crippen LogP contribution in [0.4, 0.5) is 5.69 Å². The normalized spacial score (nSPS) is 11.3. The number of carbonyl (C=O) groups is 1. The predicted molar refractivity (Wildman–Crippen MR) is 67.5 cm³/mol. The Labute approximate surface area is 106 Å². The van der Waals surface area contributed by atoms with E-state index in [1.165, 1.54) is 0 Å². The number of anilines is 1. The fraction of sp³-hybridized carbons (Fsp3) is 0.385. The van der Waals surface area contributed by atoms with Crippen LogP contribution in [0.5, 0.6) is 5.75 Å². The molecule has 0 aliphatic heterocycles. The summed E-state index contributed by atoms with van der Waals surface area (Å²) in [5.41, 5.74) is 0.697. The van der Waals surface area contributed by atoms with Crippen LogP contribution >= 0.6 is 0 Å². The second-order valence-electron chi connectivity index (χ2n) is 3.84. The summed E-state index contributed by atoms with van der Waals surface area (Å²) in [6.45, 7) is 2.05. The predicted octanol–water partition coefficient (Wildman–Crippen LogP) is 2.25. The summed E-state index contributed by atoms with van der Waals surface area (Å²) >= 11 is 0. The van der Waals surface area contributed by atoms with Crippen LogP contribution in [0.3, 0.4) is 0 Å². The summed E-state index contributed by atoms with van der Waals surface area (Å²) in [6, 6.07) is 8.50. The summed E-state index contributed by atoms with van der Waals surface area (Å²) in [6.07, 6.45) is 1.15. The van der Waals surface area contributed by atoms with Gasteiger partial charge in [0.05, 0.1) is 12.7 Å². The van der Waals surface area contributed by atoms with E-state index in [-0.39, 0.29) is 0 Å². The Morgan fingerprint density at radius 2 is 2.39 bits per heavy atom. The Morgan fingerprint density at radius 3 is 3.06 bits per heavy atom. The van der Waals surface area contributed by atoms with Crippen LogP contribution in [0, 0.1) is 11.3 Å². The topological polar surface area (TPSA) is 82.3 Å². The molecule has 0 fully saturated rings. The lowest BCUT2D eigenvalue weighted by atomic mass is 10.2. The third-order valence-electron chi connectivity index (χ3n) is 2.29. The van der Waals surface area contributed by atoms with Gasteiger partial charge in [-0.2, -0.15) is 5.26 Å². The van der Waals surface area contributed by atoms with Crippen molar-refractivity contribution in [2.45, 2.75) is 25.8 Å². The molecule has 5 nitrogen and oxygen atoms in total. The number of nitriles is 1. The molecule has 0 saturated heterocycles. The van der Waals surface area contributed by atoms with Crippen molar-refractivity contribution in [3.05, 3.63) is 24.3 Å². The van der Waals surface area contributed by atoms with Crippen LogP contribution < -0.4 is 10.1 Å². The number of benzene rings is 1. The Bertz CT molecular complexity index is 440. The summed E-state index contributed by atoms with van der Waals surface area (Å²) in [5, 5.41) is 20.0. The van der Waals surface area contributed by atoms with Gasteiger partial charge >= 0.3 is 5.97 Å². The van der Waals surface area contributed by atoms with E-state index in [0.29, 0.717) is 30.9 Å². The number of hydrogen-bond acceptors (Lipinski definition) is 4. The lowest BCUT2D eigenvalue weighted by Crippen LogP contribution is -2.25. The maximum Gasteiger partial charge on any atom is 0.325 e. The monoisotopic (exact) mass is 248 g/mol. The molecule has 2 N–H and O–H groups in total. The van der Waals surface area contributed by atoms with E-state index < -0.39 is 12.0 Å². The molecule has 0 heterocycles. The van der Waals surface area contributed by atoms with Crippen LogP contribution in [0.25, 0.3) is 0 Å². The molecule has 0 aromatic heterocycles. The smallest absolute Gasteiger partial charge is 0.325 e. The minimum Gasteiger partial charge on any atom is -0.493 e. The minimum absolute atomic E-state index is 0.466. The van der Waals surface area contributed by atoms with Crippen molar-refractivity contribution in [3.8, 4) is 11.8 Å². The molecule has 1 unspecified atom stereocenters. The van der Waals surface area contributed by atoms with Crippen molar-refractivity contribution >= 4 is 11.7 Å². The lowest BCUT2D eigenvalue weighted by molar-refractivity contribution is -0.137. The van der Waals surface area contributed by atoms with Crippen LogP contribution in [0.1, 0.15) is 19.8 Å². The summed E-state index contributed by atoms with van der Waals surface area (Å²) in [7, 11) is 0. The van der Waals surface area contributed by atoms with E-state index in [1.807, 2.05) is 6.07 Å². The lowest BCUT2D eigenvalue weighted by Gasteiger charge is -2.12. The number of carboxylic acids is 1. The Morgan fingerprint density at radius 1 is 1.61 bits per heavy atom. The highest BCUT2D eigenvalue weighted by molar-refractivity contribution is 5.76.